The van der Waals surface area contributed by atoms with Gasteiger partial charge in [0, 0.05) is 25.2 Å². The van der Waals surface area contributed by atoms with Crippen LogP contribution in [-0.2, 0) is 0 Å². The normalized spacial score (nSPS) is 27.2. The molecule has 1 fully saturated rings. The van der Waals surface area contributed by atoms with Crippen molar-refractivity contribution in [2.75, 3.05) is 20.1 Å². The van der Waals surface area contributed by atoms with Gasteiger partial charge in [-0.05, 0) is 44.0 Å². The number of rotatable bonds is 6. The van der Waals surface area contributed by atoms with Crippen molar-refractivity contribution in [3.8, 4) is 5.75 Å². The van der Waals surface area contributed by atoms with Gasteiger partial charge in [0.25, 0.3) is 0 Å². The smallest absolute Gasteiger partial charge is 0.387 e. The molecule has 2 rings (SSSR count). The molecule has 4 nitrogen and oxygen atoms in total. The second kappa shape index (κ2) is 8.04. The van der Waals surface area contributed by atoms with E-state index in [4.69, 9.17) is 0 Å². The second-order valence-electron chi connectivity index (χ2n) is 6.48. The Kier molecular flexibility index (Phi) is 6.33. The van der Waals surface area contributed by atoms with Gasteiger partial charge in [0.05, 0.1) is 6.10 Å². The lowest BCUT2D eigenvalue weighted by atomic mass is 9.89. The van der Waals surface area contributed by atoms with Crippen LogP contribution in [0.25, 0.3) is 0 Å². The first-order valence-corrected chi connectivity index (χ1v) is 8.03. The third-order valence-electron chi connectivity index (χ3n) is 4.67. The SMILES string of the molecule is CC1CN(C)C(C)CC1NCC(O)c1ccc(OC(F)F)cc1. The third kappa shape index (κ3) is 5.12. The zero-order valence-electron chi connectivity index (χ0n) is 13.9. The van der Waals surface area contributed by atoms with Crippen LogP contribution in [0.3, 0.4) is 0 Å². The summed E-state index contributed by atoms with van der Waals surface area (Å²) >= 11 is 0. The van der Waals surface area contributed by atoms with Crippen LogP contribution in [0.5, 0.6) is 5.75 Å². The van der Waals surface area contributed by atoms with Crippen molar-refractivity contribution in [1.82, 2.24) is 10.2 Å². The topological polar surface area (TPSA) is 44.7 Å². The Bertz CT molecular complexity index is 484. The molecule has 1 heterocycles. The van der Waals surface area contributed by atoms with Crippen LogP contribution in [0, 0.1) is 5.92 Å². The summed E-state index contributed by atoms with van der Waals surface area (Å²) < 4.78 is 28.5. The van der Waals surface area contributed by atoms with Crippen molar-refractivity contribution in [3.63, 3.8) is 0 Å². The molecule has 2 N–H and O–H groups in total. The van der Waals surface area contributed by atoms with Gasteiger partial charge in [0.2, 0.25) is 0 Å². The van der Waals surface area contributed by atoms with E-state index in [0.717, 1.165) is 13.0 Å². The van der Waals surface area contributed by atoms with Crippen molar-refractivity contribution >= 4 is 0 Å². The van der Waals surface area contributed by atoms with Gasteiger partial charge in [0.15, 0.2) is 0 Å². The molecule has 1 aliphatic heterocycles. The third-order valence-corrected chi connectivity index (χ3v) is 4.67. The van der Waals surface area contributed by atoms with E-state index >= 15 is 0 Å². The van der Waals surface area contributed by atoms with Gasteiger partial charge in [-0.1, -0.05) is 19.1 Å². The Labute approximate surface area is 136 Å². The molecule has 23 heavy (non-hydrogen) atoms. The van der Waals surface area contributed by atoms with E-state index < -0.39 is 12.7 Å². The zero-order chi connectivity index (χ0) is 17.0. The Hall–Kier alpha value is -1.24. The van der Waals surface area contributed by atoms with E-state index in [-0.39, 0.29) is 5.75 Å². The minimum absolute atomic E-state index is 0.0988. The van der Waals surface area contributed by atoms with Gasteiger partial charge in [-0.15, -0.1) is 0 Å². The molecule has 0 saturated carbocycles. The maximum Gasteiger partial charge on any atom is 0.387 e. The van der Waals surface area contributed by atoms with Gasteiger partial charge in [-0.2, -0.15) is 8.78 Å². The molecule has 6 heteroatoms. The van der Waals surface area contributed by atoms with Crippen LogP contribution >= 0.6 is 0 Å². The predicted molar refractivity (Wildman–Crippen MR) is 85.7 cm³/mol. The quantitative estimate of drug-likeness (QED) is 0.843. The molecule has 0 spiro atoms. The van der Waals surface area contributed by atoms with E-state index in [2.05, 4.69) is 35.8 Å². The van der Waals surface area contributed by atoms with E-state index in [0.29, 0.717) is 30.1 Å². The number of aliphatic hydroxyl groups is 1. The summed E-state index contributed by atoms with van der Waals surface area (Å²) in [5, 5.41) is 13.7. The minimum Gasteiger partial charge on any atom is -0.435 e. The van der Waals surface area contributed by atoms with Crippen LogP contribution in [-0.4, -0.2) is 48.8 Å². The van der Waals surface area contributed by atoms with Gasteiger partial charge >= 0.3 is 6.61 Å². The Morgan fingerprint density at radius 3 is 2.57 bits per heavy atom. The summed E-state index contributed by atoms with van der Waals surface area (Å²) in [4.78, 5) is 2.35. The Morgan fingerprint density at radius 2 is 1.96 bits per heavy atom. The predicted octanol–water partition coefficient (Wildman–Crippen LogP) is 2.64. The highest BCUT2D eigenvalue weighted by molar-refractivity contribution is 5.28. The Morgan fingerprint density at radius 1 is 1.30 bits per heavy atom. The number of alkyl halides is 2. The van der Waals surface area contributed by atoms with Crippen LogP contribution in [0.4, 0.5) is 8.78 Å². The Balaban J connectivity index is 1.85. The highest BCUT2D eigenvalue weighted by Crippen LogP contribution is 2.22. The average Bonchev–Trinajstić information content (AvgIpc) is 2.49. The number of halogens is 2. The number of nitrogens with zero attached hydrogens (tertiary/aromatic N) is 1. The summed E-state index contributed by atoms with van der Waals surface area (Å²) in [5.74, 6) is 0.617. The number of ether oxygens (including phenoxy) is 1. The van der Waals surface area contributed by atoms with Crippen molar-refractivity contribution in [1.29, 1.82) is 0 Å². The van der Waals surface area contributed by atoms with E-state index in [1.54, 1.807) is 12.1 Å². The first-order valence-electron chi connectivity index (χ1n) is 8.03. The lowest BCUT2D eigenvalue weighted by molar-refractivity contribution is -0.0498. The van der Waals surface area contributed by atoms with Crippen LogP contribution in [0.2, 0.25) is 0 Å². The first-order chi connectivity index (χ1) is 10.9. The van der Waals surface area contributed by atoms with Crippen LogP contribution < -0.4 is 10.1 Å². The number of hydrogen-bond acceptors (Lipinski definition) is 4. The summed E-state index contributed by atoms with van der Waals surface area (Å²) in [7, 11) is 2.13. The lowest BCUT2D eigenvalue weighted by Crippen LogP contribution is -2.51. The second-order valence-corrected chi connectivity index (χ2v) is 6.48. The first kappa shape index (κ1) is 18.1. The summed E-state index contributed by atoms with van der Waals surface area (Å²) in [5.41, 5.74) is 0.688. The monoisotopic (exact) mass is 328 g/mol. The molecule has 4 atom stereocenters. The van der Waals surface area contributed by atoms with Gasteiger partial charge in [0.1, 0.15) is 5.75 Å². The van der Waals surface area contributed by atoms with Gasteiger partial charge in [-0.3, -0.25) is 0 Å². The summed E-state index contributed by atoms with van der Waals surface area (Å²) in [6.45, 7) is 3.07. The number of hydrogen-bond donors (Lipinski definition) is 2. The molecular formula is C17H26F2N2O2. The van der Waals surface area contributed by atoms with Crippen molar-refractivity contribution in [3.05, 3.63) is 29.8 Å². The molecular weight excluding hydrogens is 302 g/mol. The number of benzene rings is 1. The summed E-state index contributed by atoms with van der Waals surface area (Å²) in [6.07, 6.45) is 0.378. The number of likely N-dealkylation sites (tertiary alicyclic amines) is 1. The van der Waals surface area contributed by atoms with E-state index in [1.165, 1.54) is 12.1 Å². The van der Waals surface area contributed by atoms with Crippen molar-refractivity contribution in [2.45, 2.75) is 45.1 Å². The van der Waals surface area contributed by atoms with E-state index in [9.17, 15) is 13.9 Å². The highest BCUT2D eigenvalue weighted by Gasteiger charge is 2.28. The minimum atomic E-state index is -2.83. The maximum atomic E-state index is 12.1. The number of piperidine rings is 1. The summed E-state index contributed by atoms with van der Waals surface area (Å²) in [6, 6.07) is 7.02. The molecule has 4 unspecified atom stereocenters. The fourth-order valence-corrected chi connectivity index (χ4v) is 3.08. The highest BCUT2D eigenvalue weighted by atomic mass is 19.3. The molecule has 1 aromatic rings. The fraction of sp³-hybridized carbons (Fsp3) is 0.647. The molecule has 1 aromatic carbocycles. The fourth-order valence-electron chi connectivity index (χ4n) is 3.08. The molecule has 1 aliphatic rings. The molecule has 0 amide bonds. The molecule has 0 aromatic heterocycles. The molecule has 0 aliphatic carbocycles. The standard InChI is InChI=1S/C17H26F2N2O2/c1-11-10-21(3)12(2)8-15(11)20-9-16(22)13-4-6-14(7-5-13)23-17(18)19/h4-7,11-12,15-17,20,22H,8-10H2,1-3H3. The molecule has 1 saturated heterocycles. The molecule has 130 valence electrons. The molecule has 0 radical (unpaired) electrons. The average molecular weight is 328 g/mol. The van der Waals surface area contributed by atoms with Crippen molar-refractivity contribution in [2.24, 2.45) is 5.92 Å². The zero-order valence-corrected chi connectivity index (χ0v) is 13.9. The number of aliphatic hydroxyl groups excluding tert-OH is 1. The lowest BCUT2D eigenvalue weighted by Gasteiger charge is -2.40. The van der Waals surface area contributed by atoms with Crippen molar-refractivity contribution < 1.29 is 18.6 Å². The van der Waals surface area contributed by atoms with E-state index in [1.807, 2.05) is 0 Å². The molecule has 0 bridgehead atoms. The van der Waals surface area contributed by atoms with Gasteiger partial charge < -0.3 is 20.1 Å². The van der Waals surface area contributed by atoms with Crippen LogP contribution in [0.1, 0.15) is 31.9 Å². The number of nitrogens with one attached hydrogen (secondary N) is 1. The van der Waals surface area contributed by atoms with Crippen LogP contribution in [0.15, 0.2) is 24.3 Å². The van der Waals surface area contributed by atoms with Gasteiger partial charge in [-0.25, -0.2) is 0 Å². The largest absolute Gasteiger partial charge is 0.435 e. The maximum absolute atomic E-state index is 12.1.